The summed E-state index contributed by atoms with van der Waals surface area (Å²) in [4.78, 5) is 12.7. The van der Waals surface area contributed by atoms with E-state index in [0.717, 1.165) is 35.9 Å². The first kappa shape index (κ1) is 15.5. The lowest BCUT2D eigenvalue weighted by molar-refractivity contribution is 0.00987. The van der Waals surface area contributed by atoms with Crippen LogP contribution in [0.3, 0.4) is 0 Å². The van der Waals surface area contributed by atoms with Crippen molar-refractivity contribution < 1.29 is 14.3 Å². The normalized spacial score (nSPS) is 22.3. The summed E-state index contributed by atoms with van der Waals surface area (Å²) in [6.45, 7) is 0.628. The molecule has 128 valence electrons. The molecule has 1 spiro atoms. The lowest BCUT2D eigenvalue weighted by atomic mass is 9.96. The fraction of sp³-hybridized carbons (Fsp3) is 0.526. The van der Waals surface area contributed by atoms with E-state index in [1.807, 2.05) is 35.9 Å². The van der Waals surface area contributed by atoms with Gasteiger partial charge in [-0.15, -0.1) is 0 Å². The van der Waals surface area contributed by atoms with Crippen LogP contribution in [0.4, 0.5) is 0 Å². The Bertz CT molecular complexity index is 774. The summed E-state index contributed by atoms with van der Waals surface area (Å²) >= 11 is 0. The molecule has 2 heterocycles. The summed E-state index contributed by atoms with van der Waals surface area (Å²) in [6.07, 6.45) is 5.69. The van der Waals surface area contributed by atoms with Gasteiger partial charge in [-0.1, -0.05) is 12.8 Å². The van der Waals surface area contributed by atoms with Gasteiger partial charge in [-0.05, 0) is 43.5 Å². The Kier molecular flexibility index (Phi) is 3.76. The van der Waals surface area contributed by atoms with Crippen molar-refractivity contribution in [2.45, 2.75) is 43.7 Å². The molecule has 1 aromatic heterocycles. The van der Waals surface area contributed by atoms with Gasteiger partial charge in [0.1, 0.15) is 11.4 Å². The number of hydrogen-bond donors (Lipinski definition) is 1. The first-order chi connectivity index (χ1) is 11.6. The van der Waals surface area contributed by atoms with Gasteiger partial charge in [-0.25, -0.2) is 0 Å². The molecule has 5 nitrogen and oxygen atoms in total. The molecule has 24 heavy (non-hydrogen) atoms. The van der Waals surface area contributed by atoms with Gasteiger partial charge in [0.25, 0.3) is 5.91 Å². The monoisotopic (exact) mass is 328 g/mol. The van der Waals surface area contributed by atoms with E-state index in [1.54, 1.807) is 7.11 Å². The zero-order chi connectivity index (χ0) is 16.7. The van der Waals surface area contributed by atoms with Crippen LogP contribution in [-0.2, 0) is 11.8 Å². The zero-order valence-electron chi connectivity index (χ0n) is 14.3. The Hall–Kier alpha value is -2.01. The average Bonchev–Trinajstić information content (AvgIpc) is 3.28. The number of nitrogens with one attached hydrogen (secondary N) is 1. The van der Waals surface area contributed by atoms with E-state index in [-0.39, 0.29) is 17.6 Å². The number of ether oxygens (including phenoxy) is 2. The molecule has 1 saturated heterocycles. The van der Waals surface area contributed by atoms with Crippen molar-refractivity contribution in [2.75, 3.05) is 13.7 Å². The molecule has 5 heteroatoms. The van der Waals surface area contributed by atoms with Crippen molar-refractivity contribution in [2.24, 2.45) is 7.05 Å². The number of amides is 1. The fourth-order valence-electron chi connectivity index (χ4n) is 4.24. The predicted molar refractivity (Wildman–Crippen MR) is 92.5 cm³/mol. The highest BCUT2D eigenvalue weighted by Crippen LogP contribution is 2.40. The van der Waals surface area contributed by atoms with Crippen LogP contribution in [0.5, 0.6) is 5.75 Å². The summed E-state index contributed by atoms with van der Waals surface area (Å²) in [5.41, 5.74) is 1.73. The number of fused-ring (bicyclic) bond motifs is 1. The summed E-state index contributed by atoms with van der Waals surface area (Å²) in [7, 11) is 3.57. The van der Waals surface area contributed by atoms with Gasteiger partial charge in [0.2, 0.25) is 0 Å². The third-order valence-electron chi connectivity index (χ3n) is 5.54. The van der Waals surface area contributed by atoms with Crippen LogP contribution < -0.4 is 10.1 Å². The lowest BCUT2D eigenvalue weighted by Gasteiger charge is -2.21. The molecule has 1 aliphatic carbocycles. The standard InChI is InChI=1S/C19H24N2O3/c1-21-16-6-5-15(23-2)9-13(16)10-17(21)18(22)20-14-11-19(24-12-14)7-3-4-8-19/h5-6,9-10,14H,3-4,7-8,11-12H2,1-2H3,(H,20,22)/t14-/m0/s1. The van der Waals surface area contributed by atoms with Gasteiger partial charge in [0.05, 0.1) is 25.4 Å². The predicted octanol–water partition coefficient (Wildman–Crippen LogP) is 3.02. The molecule has 1 atom stereocenters. The Balaban J connectivity index is 1.52. The molecular weight excluding hydrogens is 304 g/mol. The van der Waals surface area contributed by atoms with Crippen molar-refractivity contribution in [1.82, 2.24) is 9.88 Å². The Morgan fingerprint density at radius 3 is 2.88 bits per heavy atom. The lowest BCUT2D eigenvalue weighted by Crippen LogP contribution is -2.37. The quantitative estimate of drug-likeness (QED) is 0.942. The van der Waals surface area contributed by atoms with E-state index in [9.17, 15) is 4.79 Å². The maximum absolute atomic E-state index is 12.7. The Morgan fingerprint density at radius 2 is 2.12 bits per heavy atom. The van der Waals surface area contributed by atoms with E-state index in [0.29, 0.717) is 12.3 Å². The number of nitrogens with zero attached hydrogens (tertiary/aromatic N) is 1. The SMILES string of the molecule is COc1ccc2c(c1)cc(C(=O)N[C@@H]1COC3(CCCC3)C1)n2C. The van der Waals surface area contributed by atoms with Crippen LogP contribution in [0, 0.1) is 0 Å². The van der Waals surface area contributed by atoms with Gasteiger partial charge in [0.15, 0.2) is 0 Å². The molecule has 1 saturated carbocycles. The van der Waals surface area contributed by atoms with Crippen LogP contribution >= 0.6 is 0 Å². The maximum Gasteiger partial charge on any atom is 0.268 e. The van der Waals surface area contributed by atoms with Crippen LogP contribution in [-0.4, -0.2) is 35.8 Å². The average molecular weight is 328 g/mol. The topological polar surface area (TPSA) is 52.5 Å². The zero-order valence-corrected chi connectivity index (χ0v) is 14.3. The number of aromatic nitrogens is 1. The van der Waals surface area contributed by atoms with E-state index in [1.165, 1.54) is 12.8 Å². The number of aryl methyl sites for hydroxylation is 1. The maximum atomic E-state index is 12.7. The summed E-state index contributed by atoms with van der Waals surface area (Å²) in [5.74, 6) is 0.767. The van der Waals surface area contributed by atoms with E-state index in [4.69, 9.17) is 9.47 Å². The van der Waals surface area contributed by atoms with Gasteiger partial charge < -0.3 is 19.4 Å². The van der Waals surface area contributed by atoms with E-state index >= 15 is 0 Å². The second-order valence-electron chi connectivity index (χ2n) is 7.09. The van der Waals surface area contributed by atoms with Crippen LogP contribution in [0.1, 0.15) is 42.6 Å². The molecular formula is C19H24N2O3. The number of carbonyl (C=O) groups is 1. The molecule has 0 bridgehead atoms. The van der Waals surface area contributed by atoms with Gasteiger partial charge in [-0.2, -0.15) is 0 Å². The van der Waals surface area contributed by atoms with Crippen LogP contribution in [0.25, 0.3) is 10.9 Å². The molecule has 1 aliphatic heterocycles. The molecule has 0 unspecified atom stereocenters. The highest BCUT2D eigenvalue weighted by Gasteiger charge is 2.42. The number of carbonyl (C=O) groups excluding carboxylic acids is 1. The highest BCUT2D eigenvalue weighted by molar-refractivity contribution is 5.99. The third-order valence-corrected chi connectivity index (χ3v) is 5.54. The van der Waals surface area contributed by atoms with Crippen molar-refractivity contribution in [1.29, 1.82) is 0 Å². The second-order valence-corrected chi connectivity index (χ2v) is 7.09. The summed E-state index contributed by atoms with van der Waals surface area (Å²) in [5, 5.41) is 4.17. The second kappa shape index (κ2) is 5.81. The number of benzene rings is 1. The van der Waals surface area contributed by atoms with Gasteiger partial charge >= 0.3 is 0 Å². The number of rotatable bonds is 3. The van der Waals surface area contributed by atoms with Crippen molar-refractivity contribution >= 4 is 16.8 Å². The van der Waals surface area contributed by atoms with Crippen molar-refractivity contribution in [3.63, 3.8) is 0 Å². The van der Waals surface area contributed by atoms with Crippen LogP contribution in [0.2, 0.25) is 0 Å². The highest BCUT2D eigenvalue weighted by atomic mass is 16.5. The first-order valence-electron chi connectivity index (χ1n) is 8.68. The number of hydrogen-bond acceptors (Lipinski definition) is 3. The molecule has 1 amide bonds. The minimum Gasteiger partial charge on any atom is -0.497 e. The Labute approximate surface area is 141 Å². The molecule has 2 aromatic rings. The first-order valence-corrected chi connectivity index (χ1v) is 8.68. The third kappa shape index (κ3) is 2.57. The van der Waals surface area contributed by atoms with Crippen LogP contribution in [0.15, 0.2) is 24.3 Å². The number of methoxy groups -OCH3 is 1. The van der Waals surface area contributed by atoms with E-state index < -0.39 is 0 Å². The largest absolute Gasteiger partial charge is 0.497 e. The fourth-order valence-corrected chi connectivity index (χ4v) is 4.24. The van der Waals surface area contributed by atoms with Gasteiger partial charge in [0, 0.05) is 18.0 Å². The minimum atomic E-state index is -0.0312. The molecule has 0 radical (unpaired) electrons. The summed E-state index contributed by atoms with van der Waals surface area (Å²) in [6, 6.07) is 7.89. The van der Waals surface area contributed by atoms with Gasteiger partial charge in [-0.3, -0.25) is 4.79 Å². The Morgan fingerprint density at radius 1 is 1.33 bits per heavy atom. The molecule has 2 aliphatic rings. The summed E-state index contributed by atoms with van der Waals surface area (Å²) < 4.78 is 13.2. The van der Waals surface area contributed by atoms with Crippen molar-refractivity contribution in [3.8, 4) is 5.75 Å². The molecule has 1 N–H and O–H groups in total. The molecule has 4 rings (SSSR count). The minimum absolute atomic E-state index is 0.0312. The molecule has 2 fully saturated rings. The van der Waals surface area contributed by atoms with E-state index in [2.05, 4.69) is 5.32 Å². The molecule has 1 aromatic carbocycles. The smallest absolute Gasteiger partial charge is 0.268 e. The van der Waals surface area contributed by atoms with Crippen molar-refractivity contribution in [3.05, 3.63) is 30.0 Å².